The summed E-state index contributed by atoms with van der Waals surface area (Å²) in [5.74, 6) is 0.0291. The van der Waals surface area contributed by atoms with Crippen LogP contribution in [0.2, 0.25) is 0 Å². The third-order valence-corrected chi connectivity index (χ3v) is 14.9. The Morgan fingerprint density at radius 2 is 1.64 bits per heavy atom. The lowest BCUT2D eigenvalue weighted by molar-refractivity contribution is -0.297. The molecule has 254 valence electrons. The van der Waals surface area contributed by atoms with Gasteiger partial charge in [0.2, 0.25) is 6.29 Å². The van der Waals surface area contributed by atoms with Gasteiger partial charge in [0.15, 0.2) is 0 Å². The van der Waals surface area contributed by atoms with Crippen LogP contribution in [0.4, 0.5) is 0 Å². The van der Waals surface area contributed by atoms with Gasteiger partial charge >= 0.3 is 5.97 Å². The van der Waals surface area contributed by atoms with Crippen molar-refractivity contribution in [2.75, 3.05) is 6.61 Å². The fourth-order valence-electron chi connectivity index (χ4n) is 11.9. The molecule has 5 aliphatic carbocycles. The molecule has 9 nitrogen and oxygen atoms in total. The number of rotatable bonds is 3. The molecule has 5 fully saturated rings. The van der Waals surface area contributed by atoms with E-state index in [0.717, 1.165) is 37.7 Å². The molecule has 0 radical (unpaired) electrons. The van der Waals surface area contributed by atoms with Crippen LogP contribution in [0, 0.1) is 50.7 Å². The number of aliphatic hydroxyl groups excluding tert-OH is 6. The first-order valence-corrected chi connectivity index (χ1v) is 17.2. The summed E-state index contributed by atoms with van der Waals surface area (Å²) in [5, 5.41) is 63.1. The molecule has 1 heterocycles. The standard InChI is InChI=1S/C36H56O9/c1-18-10-13-36(31(43)45-30-28(41)27(40)26(39)22(17-37)44-30)15-14-34(6)20(25(36)19(18)2)8-9-24-33(5)16-21(38)29(42)32(3,4)23(33)11-12-35(24,34)7/h8,18,21-30,37-42H,2,9-17H2,1,3-7H3/t18-,21-,22-,23+,24-,25+,26-,27+,28-,29-,30+,33+,34-,35-,36+/m1/s1. The zero-order chi connectivity index (χ0) is 33.1. The van der Waals surface area contributed by atoms with Crippen molar-refractivity contribution in [1.82, 2.24) is 0 Å². The molecule has 6 aliphatic rings. The zero-order valence-corrected chi connectivity index (χ0v) is 27.9. The van der Waals surface area contributed by atoms with Gasteiger partial charge in [-0.1, -0.05) is 65.3 Å². The lowest BCUT2D eigenvalue weighted by Gasteiger charge is -2.71. The molecule has 1 aliphatic heterocycles. The van der Waals surface area contributed by atoms with Crippen LogP contribution < -0.4 is 0 Å². The van der Waals surface area contributed by atoms with E-state index in [0.29, 0.717) is 25.2 Å². The first kappa shape index (κ1) is 33.6. The minimum atomic E-state index is -1.65. The number of carbonyl (C=O) groups is 1. The number of ether oxygens (including phenoxy) is 2. The van der Waals surface area contributed by atoms with Crippen LogP contribution in [0.25, 0.3) is 0 Å². The highest BCUT2D eigenvalue weighted by Gasteiger charge is 2.70. The highest BCUT2D eigenvalue weighted by molar-refractivity contribution is 5.80. The smallest absolute Gasteiger partial charge is 0.315 e. The highest BCUT2D eigenvalue weighted by atomic mass is 16.7. The van der Waals surface area contributed by atoms with Crippen molar-refractivity contribution in [1.29, 1.82) is 0 Å². The van der Waals surface area contributed by atoms with Gasteiger partial charge in [0.1, 0.15) is 24.4 Å². The Hall–Kier alpha value is -1.33. The Balaban J connectivity index is 1.37. The number of hydrogen-bond donors (Lipinski definition) is 6. The van der Waals surface area contributed by atoms with Gasteiger partial charge in [-0.3, -0.25) is 4.79 Å². The zero-order valence-electron chi connectivity index (χ0n) is 27.9. The van der Waals surface area contributed by atoms with Gasteiger partial charge in [-0.15, -0.1) is 0 Å². The summed E-state index contributed by atoms with van der Waals surface area (Å²) in [4.78, 5) is 14.4. The topological polar surface area (TPSA) is 157 Å². The Bertz CT molecular complexity index is 1240. The van der Waals surface area contributed by atoms with Crippen LogP contribution in [0.5, 0.6) is 0 Å². The van der Waals surface area contributed by atoms with Crippen LogP contribution in [0.15, 0.2) is 23.8 Å². The number of fused-ring (bicyclic) bond motifs is 7. The maximum Gasteiger partial charge on any atom is 0.315 e. The first-order chi connectivity index (χ1) is 20.9. The van der Waals surface area contributed by atoms with Crippen molar-refractivity contribution in [2.24, 2.45) is 50.7 Å². The summed E-state index contributed by atoms with van der Waals surface area (Å²) in [6, 6.07) is 0. The average Bonchev–Trinajstić information content (AvgIpc) is 2.98. The van der Waals surface area contributed by atoms with E-state index in [1.54, 1.807) is 0 Å². The Morgan fingerprint density at radius 1 is 0.956 bits per heavy atom. The minimum Gasteiger partial charge on any atom is -0.432 e. The predicted molar refractivity (Wildman–Crippen MR) is 166 cm³/mol. The highest BCUT2D eigenvalue weighted by Crippen LogP contribution is 2.75. The minimum absolute atomic E-state index is 0.102. The van der Waals surface area contributed by atoms with Gasteiger partial charge in [-0.2, -0.15) is 0 Å². The summed E-state index contributed by atoms with van der Waals surface area (Å²) in [6.07, 6.45) is -0.568. The number of hydrogen-bond acceptors (Lipinski definition) is 9. The molecule has 15 atom stereocenters. The van der Waals surface area contributed by atoms with Crippen molar-refractivity contribution in [3.63, 3.8) is 0 Å². The molecule has 45 heavy (non-hydrogen) atoms. The summed E-state index contributed by atoms with van der Waals surface area (Å²) in [7, 11) is 0. The van der Waals surface area contributed by atoms with Gasteiger partial charge in [-0.25, -0.2) is 0 Å². The Kier molecular flexibility index (Phi) is 8.09. The molecule has 4 saturated carbocycles. The van der Waals surface area contributed by atoms with E-state index in [4.69, 9.17) is 9.47 Å². The van der Waals surface area contributed by atoms with Crippen molar-refractivity contribution in [2.45, 2.75) is 136 Å². The fraction of sp³-hybridized carbons (Fsp3) is 0.861. The summed E-state index contributed by atoms with van der Waals surface area (Å²) >= 11 is 0. The molecular weight excluding hydrogens is 576 g/mol. The third kappa shape index (κ3) is 4.40. The van der Waals surface area contributed by atoms with E-state index in [1.807, 2.05) is 0 Å². The second-order valence-electron chi connectivity index (χ2n) is 17.0. The van der Waals surface area contributed by atoms with Gasteiger partial charge < -0.3 is 40.1 Å². The molecule has 9 heteroatoms. The molecule has 0 aromatic rings. The maximum absolute atomic E-state index is 14.4. The molecule has 0 amide bonds. The average molecular weight is 633 g/mol. The molecule has 6 rings (SSSR count). The fourth-order valence-corrected chi connectivity index (χ4v) is 11.9. The Labute approximate surface area is 267 Å². The van der Waals surface area contributed by atoms with Crippen LogP contribution >= 0.6 is 0 Å². The van der Waals surface area contributed by atoms with E-state index in [9.17, 15) is 35.4 Å². The second-order valence-corrected chi connectivity index (χ2v) is 17.0. The molecule has 0 spiro atoms. The second kappa shape index (κ2) is 10.8. The van der Waals surface area contributed by atoms with Crippen molar-refractivity contribution >= 4 is 5.97 Å². The molecule has 0 aromatic heterocycles. The van der Waals surface area contributed by atoms with Crippen LogP contribution in [-0.2, 0) is 14.3 Å². The van der Waals surface area contributed by atoms with E-state index < -0.39 is 66.3 Å². The quantitative estimate of drug-likeness (QED) is 0.203. The molecule has 6 N–H and O–H groups in total. The summed E-state index contributed by atoms with van der Waals surface area (Å²) in [6.45, 7) is 17.5. The van der Waals surface area contributed by atoms with Gasteiger partial charge in [0.25, 0.3) is 0 Å². The normalized spacial score (nSPS) is 54.1. The van der Waals surface area contributed by atoms with Crippen LogP contribution in [0.1, 0.15) is 92.9 Å². The molecule has 1 saturated heterocycles. The van der Waals surface area contributed by atoms with E-state index in [1.165, 1.54) is 5.57 Å². The predicted octanol–water partition coefficient (Wildman–Crippen LogP) is 3.24. The van der Waals surface area contributed by atoms with Gasteiger partial charge in [0, 0.05) is 5.92 Å². The largest absolute Gasteiger partial charge is 0.432 e. The Morgan fingerprint density at radius 3 is 2.31 bits per heavy atom. The van der Waals surface area contributed by atoms with Crippen molar-refractivity contribution < 1.29 is 44.9 Å². The van der Waals surface area contributed by atoms with E-state index in [-0.39, 0.29) is 34.0 Å². The molecule has 0 aromatic carbocycles. The maximum atomic E-state index is 14.4. The molecule has 0 bridgehead atoms. The molecular formula is C36H56O9. The monoisotopic (exact) mass is 632 g/mol. The van der Waals surface area contributed by atoms with Gasteiger partial charge in [-0.05, 0) is 90.8 Å². The number of esters is 1. The van der Waals surface area contributed by atoms with Crippen LogP contribution in [-0.4, -0.2) is 86.1 Å². The lowest BCUT2D eigenvalue weighted by Crippen LogP contribution is -2.67. The van der Waals surface area contributed by atoms with Crippen LogP contribution in [0.3, 0.4) is 0 Å². The number of allylic oxidation sites excluding steroid dienone is 3. The van der Waals surface area contributed by atoms with Crippen molar-refractivity contribution in [3.05, 3.63) is 23.8 Å². The van der Waals surface area contributed by atoms with E-state index >= 15 is 0 Å². The van der Waals surface area contributed by atoms with E-state index in [2.05, 4.69) is 54.2 Å². The summed E-state index contributed by atoms with van der Waals surface area (Å²) < 4.78 is 11.5. The lowest BCUT2D eigenvalue weighted by atomic mass is 9.33. The SMILES string of the molecule is C=C1[C@H]2C3=CC[C@@H]4[C@@]5(C)C[C@@H](O)[C@@H](O)C(C)(C)[C@@H]5CC[C@@]4(C)[C@]3(C)CC[C@@]2(C(=O)O[C@@H]2O[C@H](CO)[C@@H](O)[C@H](O)[C@H]2O)CC[C@H]1C. The number of aliphatic hydroxyl groups is 6. The third-order valence-electron chi connectivity index (χ3n) is 14.9. The van der Waals surface area contributed by atoms with Crippen molar-refractivity contribution in [3.8, 4) is 0 Å². The van der Waals surface area contributed by atoms with Gasteiger partial charge in [0.05, 0.1) is 24.2 Å². The molecule has 0 unspecified atom stereocenters. The summed E-state index contributed by atoms with van der Waals surface area (Å²) in [5.41, 5.74) is 0.456. The first-order valence-electron chi connectivity index (χ1n) is 17.2. The number of carbonyl (C=O) groups excluding carboxylic acids is 1.